The molecule has 0 aliphatic heterocycles. The number of benzene rings is 1. The summed E-state index contributed by atoms with van der Waals surface area (Å²) in [6, 6.07) is 8.19. The number of ether oxygens (including phenoxy) is 1. The standard InChI is InChI=1S/C13H13N3OS/c1-16-13(10(14)7-15-16)12-5-8-3-4-9(17-2)6-11(8)18-12/h3-7H,14H2,1-2H3. The van der Waals surface area contributed by atoms with E-state index in [1.165, 1.54) is 10.1 Å². The maximum absolute atomic E-state index is 5.95. The second kappa shape index (κ2) is 4.03. The second-order valence-corrected chi connectivity index (χ2v) is 5.17. The zero-order valence-electron chi connectivity index (χ0n) is 10.2. The number of hydrogen-bond acceptors (Lipinski definition) is 4. The summed E-state index contributed by atoms with van der Waals surface area (Å²) in [5, 5.41) is 5.36. The monoisotopic (exact) mass is 259 g/mol. The van der Waals surface area contributed by atoms with E-state index in [0.29, 0.717) is 5.69 Å². The minimum Gasteiger partial charge on any atom is -0.497 e. The van der Waals surface area contributed by atoms with E-state index < -0.39 is 0 Å². The zero-order valence-corrected chi connectivity index (χ0v) is 11.0. The number of hydrogen-bond donors (Lipinski definition) is 1. The van der Waals surface area contributed by atoms with Crippen LogP contribution in [0, 0.1) is 0 Å². The lowest BCUT2D eigenvalue weighted by molar-refractivity contribution is 0.415. The van der Waals surface area contributed by atoms with Gasteiger partial charge in [-0.1, -0.05) is 0 Å². The van der Waals surface area contributed by atoms with Crippen molar-refractivity contribution in [1.82, 2.24) is 9.78 Å². The molecule has 3 aromatic rings. The molecular weight excluding hydrogens is 246 g/mol. The van der Waals surface area contributed by atoms with Crippen molar-refractivity contribution in [2.24, 2.45) is 7.05 Å². The number of nitrogens with zero attached hydrogens (tertiary/aromatic N) is 2. The third kappa shape index (κ3) is 1.64. The molecule has 0 saturated heterocycles. The summed E-state index contributed by atoms with van der Waals surface area (Å²) in [5.41, 5.74) is 7.62. The fourth-order valence-corrected chi connectivity index (χ4v) is 3.20. The van der Waals surface area contributed by atoms with Crippen molar-refractivity contribution in [3.05, 3.63) is 30.5 Å². The van der Waals surface area contributed by atoms with Crippen molar-refractivity contribution in [3.8, 4) is 16.3 Å². The Hall–Kier alpha value is -2.01. The van der Waals surface area contributed by atoms with Gasteiger partial charge < -0.3 is 10.5 Å². The van der Waals surface area contributed by atoms with Gasteiger partial charge in [0.05, 0.1) is 23.9 Å². The fourth-order valence-electron chi connectivity index (χ4n) is 2.01. The molecule has 2 aromatic heterocycles. The van der Waals surface area contributed by atoms with E-state index in [1.54, 1.807) is 29.3 Å². The van der Waals surface area contributed by atoms with E-state index in [2.05, 4.69) is 17.2 Å². The molecule has 0 radical (unpaired) electrons. The molecule has 0 aliphatic rings. The Morgan fingerprint density at radius 1 is 1.33 bits per heavy atom. The molecule has 0 bridgehead atoms. The molecule has 92 valence electrons. The number of fused-ring (bicyclic) bond motifs is 1. The van der Waals surface area contributed by atoms with Crippen molar-refractivity contribution in [2.75, 3.05) is 12.8 Å². The average Bonchev–Trinajstić information content (AvgIpc) is 2.91. The molecule has 2 heterocycles. The molecule has 0 atom stereocenters. The van der Waals surface area contributed by atoms with Gasteiger partial charge in [-0.25, -0.2) is 0 Å². The van der Waals surface area contributed by atoms with Crippen LogP contribution < -0.4 is 10.5 Å². The molecule has 0 fully saturated rings. The van der Waals surface area contributed by atoms with E-state index in [0.717, 1.165) is 16.3 Å². The highest BCUT2D eigenvalue weighted by Crippen LogP contribution is 2.37. The van der Waals surface area contributed by atoms with Gasteiger partial charge in [0.2, 0.25) is 0 Å². The van der Waals surface area contributed by atoms with Crippen molar-refractivity contribution >= 4 is 27.1 Å². The fraction of sp³-hybridized carbons (Fsp3) is 0.154. The largest absolute Gasteiger partial charge is 0.497 e. The van der Waals surface area contributed by atoms with Crippen LogP contribution in [0.25, 0.3) is 20.7 Å². The highest BCUT2D eigenvalue weighted by molar-refractivity contribution is 7.22. The molecule has 5 heteroatoms. The van der Waals surface area contributed by atoms with Gasteiger partial charge in [-0.15, -0.1) is 11.3 Å². The van der Waals surface area contributed by atoms with Crippen LogP contribution in [-0.4, -0.2) is 16.9 Å². The van der Waals surface area contributed by atoms with Crippen LogP contribution in [0.3, 0.4) is 0 Å². The third-order valence-electron chi connectivity index (χ3n) is 2.93. The van der Waals surface area contributed by atoms with Gasteiger partial charge in [-0.2, -0.15) is 5.10 Å². The Bertz CT molecular complexity index is 695. The Morgan fingerprint density at radius 2 is 2.17 bits per heavy atom. The number of rotatable bonds is 2. The van der Waals surface area contributed by atoms with E-state index >= 15 is 0 Å². The summed E-state index contributed by atoms with van der Waals surface area (Å²) in [5.74, 6) is 0.869. The van der Waals surface area contributed by atoms with E-state index in [4.69, 9.17) is 10.5 Å². The molecule has 0 aliphatic carbocycles. The molecule has 0 saturated carbocycles. The molecule has 2 N–H and O–H groups in total. The van der Waals surface area contributed by atoms with Crippen LogP contribution in [-0.2, 0) is 7.05 Å². The molecule has 1 aromatic carbocycles. The van der Waals surface area contributed by atoms with Gasteiger partial charge >= 0.3 is 0 Å². The quantitative estimate of drug-likeness (QED) is 0.770. The summed E-state index contributed by atoms with van der Waals surface area (Å²) in [7, 11) is 3.57. The summed E-state index contributed by atoms with van der Waals surface area (Å²) in [6.45, 7) is 0. The number of aromatic nitrogens is 2. The normalized spacial score (nSPS) is 11.0. The Balaban J connectivity index is 2.19. The lowest BCUT2D eigenvalue weighted by atomic mass is 10.2. The zero-order chi connectivity index (χ0) is 12.7. The van der Waals surface area contributed by atoms with E-state index in [1.807, 2.05) is 19.2 Å². The number of methoxy groups -OCH3 is 1. The lowest BCUT2D eigenvalue weighted by Gasteiger charge is -1.98. The van der Waals surface area contributed by atoms with Crippen LogP contribution >= 0.6 is 11.3 Å². The Kier molecular flexibility index (Phi) is 2.48. The molecule has 4 nitrogen and oxygen atoms in total. The second-order valence-electron chi connectivity index (χ2n) is 4.09. The molecule has 3 rings (SSSR count). The summed E-state index contributed by atoms with van der Waals surface area (Å²) in [4.78, 5) is 1.12. The Morgan fingerprint density at radius 3 is 2.83 bits per heavy atom. The maximum atomic E-state index is 5.95. The van der Waals surface area contributed by atoms with Gasteiger partial charge in [0.25, 0.3) is 0 Å². The average molecular weight is 259 g/mol. The van der Waals surface area contributed by atoms with Gasteiger partial charge in [-0.05, 0) is 29.7 Å². The van der Waals surface area contributed by atoms with Gasteiger partial charge in [-0.3, -0.25) is 4.68 Å². The van der Waals surface area contributed by atoms with Crippen LogP contribution in [0.1, 0.15) is 0 Å². The summed E-state index contributed by atoms with van der Waals surface area (Å²) in [6.07, 6.45) is 1.68. The first kappa shape index (κ1) is 11.1. The SMILES string of the molecule is COc1ccc2cc(-c3c(N)cnn3C)sc2c1. The highest BCUT2D eigenvalue weighted by Gasteiger charge is 2.12. The molecule has 0 unspecified atom stereocenters. The van der Waals surface area contributed by atoms with Gasteiger partial charge in [0.15, 0.2) is 0 Å². The first-order valence-corrected chi connectivity index (χ1v) is 6.36. The number of nitrogens with two attached hydrogens (primary N) is 1. The minimum atomic E-state index is 0.705. The lowest BCUT2D eigenvalue weighted by Crippen LogP contribution is -1.93. The van der Waals surface area contributed by atoms with E-state index in [9.17, 15) is 0 Å². The Labute approximate surface area is 109 Å². The predicted octanol–water partition coefficient (Wildman–Crippen LogP) is 2.89. The van der Waals surface area contributed by atoms with Crippen molar-refractivity contribution in [2.45, 2.75) is 0 Å². The topological polar surface area (TPSA) is 53.1 Å². The van der Waals surface area contributed by atoms with Crippen molar-refractivity contribution < 1.29 is 4.74 Å². The molecule has 0 spiro atoms. The highest BCUT2D eigenvalue weighted by atomic mass is 32.1. The van der Waals surface area contributed by atoms with Gasteiger partial charge in [0, 0.05) is 11.7 Å². The number of anilines is 1. The van der Waals surface area contributed by atoms with Crippen LogP contribution in [0.5, 0.6) is 5.75 Å². The smallest absolute Gasteiger partial charge is 0.120 e. The van der Waals surface area contributed by atoms with Crippen molar-refractivity contribution in [1.29, 1.82) is 0 Å². The molecule has 18 heavy (non-hydrogen) atoms. The molecular formula is C13H13N3OS. The number of nitrogen functional groups attached to an aromatic ring is 1. The van der Waals surface area contributed by atoms with E-state index in [-0.39, 0.29) is 0 Å². The first-order chi connectivity index (χ1) is 8.69. The summed E-state index contributed by atoms with van der Waals surface area (Å²) >= 11 is 1.69. The number of thiophene rings is 1. The first-order valence-electron chi connectivity index (χ1n) is 5.54. The number of aryl methyl sites for hydroxylation is 1. The maximum Gasteiger partial charge on any atom is 0.120 e. The third-order valence-corrected chi connectivity index (χ3v) is 4.03. The van der Waals surface area contributed by atoms with Crippen LogP contribution in [0.4, 0.5) is 5.69 Å². The van der Waals surface area contributed by atoms with Crippen LogP contribution in [0.2, 0.25) is 0 Å². The molecule has 0 amide bonds. The van der Waals surface area contributed by atoms with Crippen LogP contribution in [0.15, 0.2) is 30.5 Å². The predicted molar refractivity (Wildman–Crippen MR) is 75.0 cm³/mol. The summed E-state index contributed by atoms with van der Waals surface area (Å²) < 4.78 is 8.22. The van der Waals surface area contributed by atoms with Crippen molar-refractivity contribution in [3.63, 3.8) is 0 Å². The minimum absolute atomic E-state index is 0.705. The van der Waals surface area contributed by atoms with Gasteiger partial charge in [0.1, 0.15) is 11.4 Å².